The fourth-order valence-electron chi connectivity index (χ4n) is 7.96. The van der Waals surface area contributed by atoms with E-state index in [9.17, 15) is 0 Å². The molecule has 266 valence electrons. The van der Waals surface area contributed by atoms with Crippen LogP contribution in [0.4, 0.5) is 17.1 Å². The average molecular weight is 719 g/mol. The van der Waals surface area contributed by atoms with Crippen molar-refractivity contribution in [3.63, 3.8) is 0 Å². The molecule has 0 fully saturated rings. The number of benzene rings is 8. The van der Waals surface area contributed by atoms with Gasteiger partial charge in [-0.25, -0.2) is 4.98 Å². The average Bonchev–Trinajstić information content (AvgIpc) is 3.84. The van der Waals surface area contributed by atoms with E-state index in [1.54, 1.807) is 0 Å². The standard InChI is InChI=1S/C52H38N4/c1-54-32-31-53-52(54)56-50-30-27-44(40-25-23-39(24-26-40)37-13-5-2-6-14-37)35-49(50)48-29-28-47(36-51(48)56)55(45-20-9-4-10-21-45)46-22-12-19-43(34-46)42-18-11-17-41(33-42)38-15-7-3-8-16-38/h2-36H,1H3. The van der Waals surface area contributed by atoms with Crippen LogP contribution in [0.5, 0.6) is 0 Å². The van der Waals surface area contributed by atoms with Gasteiger partial charge in [0.15, 0.2) is 0 Å². The molecule has 2 aromatic heterocycles. The van der Waals surface area contributed by atoms with E-state index < -0.39 is 0 Å². The van der Waals surface area contributed by atoms with Gasteiger partial charge in [0.1, 0.15) is 0 Å². The first-order valence-electron chi connectivity index (χ1n) is 19.0. The fraction of sp³-hybridized carbons (Fsp3) is 0.0192. The fourth-order valence-corrected chi connectivity index (χ4v) is 7.96. The summed E-state index contributed by atoms with van der Waals surface area (Å²) >= 11 is 0. The molecule has 0 N–H and O–H groups in total. The van der Waals surface area contributed by atoms with Crippen LogP contribution in [0.3, 0.4) is 0 Å². The van der Waals surface area contributed by atoms with Gasteiger partial charge in [0, 0.05) is 47.3 Å². The number of para-hydroxylation sites is 1. The second-order valence-electron chi connectivity index (χ2n) is 14.2. The largest absolute Gasteiger partial charge is 0.320 e. The number of fused-ring (bicyclic) bond motifs is 3. The summed E-state index contributed by atoms with van der Waals surface area (Å²) < 4.78 is 4.38. The Balaban J connectivity index is 1.11. The van der Waals surface area contributed by atoms with Crippen molar-refractivity contribution in [1.82, 2.24) is 14.1 Å². The van der Waals surface area contributed by atoms with Gasteiger partial charge in [-0.1, -0.05) is 146 Å². The molecule has 0 atom stereocenters. The lowest BCUT2D eigenvalue weighted by atomic mass is 9.98. The van der Waals surface area contributed by atoms with E-state index in [4.69, 9.17) is 4.98 Å². The molecule has 0 aliphatic heterocycles. The first-order chi connectivity index (χ1) is 27.7. The Morgan fingerprint density at radius 2 is 0.875 bits per heavy atom. The highest BCUT2D eigenvalue weighted by atomic mass is 15.2. The van der Waals surface area contributed by atoms with Crippen molar-refractivity contribution in [1.29, 1.82) is 0 Å². The summed E-state index contributed by atoms with van der Waals surface area (Å²) in [6.07, 6.45) is 3.88. The molecule has 0 saturated carbocycles. The molecule has 10 aromatic rings. The van der Waals surface area contributed by atoms with Crippen LogP contribution in [-0.4, -0.2) is 14.1 Å². The number of rotatable bonds is 8. The monoisotopic (exact) mass is 718 g/mol. The van der Waals surface area contributed by atoms with E-state index in [2.05, 4.69) is 221 Å². The molecule has 2 heterocycles. The van der Waals surface area contributed by atoms with Gasteiger partial charge < -0.3 is 9.47 Å². The normalized spacial score (nSPS) is 11.3. The zero-order chi connectivity index (χ0) is 37.4. The van der Waals surface area contributed by atoms with Crippen molar-refractivity contribution < 1.29 is 0 Å². The number of hydrogen-bond donors (Lipinski definition) is 0. The van der Waals surface area contributed by atoms with E-state index in [0.29, 0.717) is 0 Å². The summed E-state index contributed by atoms with van der Waals surface area (Å²) in [5.74, 6) is 0.869. The molecule has 0 radical (unpaired) electrons. The first kappa shape index (κ1) is 33.2. The van der Waals surface area contributed by atoms with Gasteiger partial charge in [0.25, 0.3) is 0 Å². The highest BCUT2D eigenvalue weighted by Gasteiger charge is 2.20. The predicted molar refractivity (Wildman–Crippen MR) is 234 cm³/mol. The third-order valence-electron chi connectivity index (χ3n) is 10.8. The van der Waals surface area contributed by atoms with Gasteiger partial charge in [-0.2, -0.15) is 0 Å². The van der Waals surface area contributed by atoms with Gasteiger partial charge in [-0.3, -0.25) is 4.57 Å². The van der Waals surface area contributed by atoms with Crippen LogP contribution >= 0.6 is 0 Å². The quantitative estimate of drug-likeness (QED) is 0.156. The Bertz CT molecular complexity index is 2960. The highest BCUT2D eigenvalue weighted by Crippen LogP contribution is 2.41. The topological polar surface area (TPSA) is 26.0 Å². The van der Waals surface area contributed by atoms with Gasteiger partial charge in [-0.05, 0) is 99.1 Å². The van der Waals surface area contributed by atoms with Crippen LogP contribution in [0.15, 0.2) is 213 Å². The number of anilines is 3. The van der Waals surface area contributed by atoms with Crippen molar-refractivity contribution in [3.8, 4) is 50.5 Å². The van der Waals surface area contributed by atoms with Crippen molar-refractivity contribution in [2.75, 3.05) is 4.90 Å². The van der Waals surface area contributed by atoms with Crippen LogP contribution in [-0.2, 0) is 7.05 Å². The van der Waals surface area contributed by atoms with Crippen molar-refractivity contribution in [2.24, 2.45) is 7.05 Å². The van der Waals surface area contributed by atoms with Crippen molar-refractivity contribution >= 4 is 38.9 Å². The first-order valence-corrected chi connectivity index (χ1v) is 19.0. The lowest BCUT2D eigenvalue weighted by molar-refractivity contribution is 0.846. The maximum Gasteiger partial charge on any atom is 0.214 e. The van der Waals surface area contributed by atoms with Crippen LogP contribution < -0.4 is 4.90 Å². The van der Waals surface area contributed by atoms with Crippen LogP contribution in [0.2, 0.25) is 0 Å². The third-order valence-corrected chi connectivity index (χ3v) is 10.8. The third kappa shape index (κ3) is 6.04. The molecule has 0 spiro atoms. The zero-order valence-electron chi connectivity index (χ0n) is 31.0. The Kier molecular flexibility index (Phi) is 8.34. The highest BCUT2D eigenvalue weighted by molar-refractivity contribution is 6.11. The summed E-state index contributed by atoms with van der Waals surface area (Å²) in [6.45, 7) is 0. The number of nitrogens with zero attached hydrogens (tertiary/aromatic N) is 4. The molecule has 4 heteroatoms. The Morgan fingerprint density at radius 1 is 0.375 bits per heavy atom. The molecular weight excluding hydrogens is 681 g/mol. The summed E-state index contributed by atoms with van der Waals surface area (Å²) in [5, 5.41) is 2.36. The Morgan fingerprint density at radius 3 is 1.55 bits per heavy atom. The summed E-state index contributed by atoms with van der Waals surface area (Å²) in [6, 6.07) is 71.9. The van der Waals surface area contributed by atoms with Gasteiger partial charge >= 0.3 is 0 Å². The zero-order valence-corrected chi connectivity index (χ0v) is 31.0. The minimum absolute atomic E-state index is 0.869. The van der Waals surface area contributed by atoms with Crippen molar-refractivity contribution in [3.05, 3.63) is 213 Å². The number of hydrogen-bond acceptors (Lipinski definition) is 2. The summed E-state index contributed by atoms with van der Waals surface area (Å²) in [4.78, 5) is 7.21. The van der Waals surface area contributed by atoms with E-state index >= 15 is 0 Å². The molecule has 8 aromatic carbocycles. The smallest absolute Gasteiger partial charge is 0.214 e. The Labute approximate surface area is 326 Å². The second-order valence-corrected chi connectivity index (χ2v) is 14.2. The van der Waals surface area contributed by atoms with E-state index in [1.807, 2.05) is 12.4 Å². The molecule has 0 aliphatic carbocycles. The maximum atomic E-state index is 4.85. The minimum atomic E-state index is 0.869. The van der Waals surface area contributed by atoms with Gasteiger partial charge in [0.2, 0.25) is 5.95 Å². The lowest BCUT2D eigenvalue weighted by Crippen LogP contribution is -2.10. The molecule has 0 aliphatic rings. The molecular formula is C52H38N4. The van der Waals surface area contributed by atoms with E-state index in [-0.39, 0.29) is 0 Å². The van der Waals surface area contributed by atoms with Crippen LogP contribution in [0.25, 0.3) is 72.3 Å². The maximum absolute atomic E-state index is 4.85. The molecule has 0 unspecified atom stereocenters. The Hall–Kier alpha value is -7.43. The molecule has 0 bridgehead atoms. The second kappa shape index (κ2) is 14.1. The molecule has 10 rings (SSSR count). The van der Waals surface area contributed by atoms with E-state index in [0.717, 1.165) is 39.6 Å². The lowest BCUT2D eigenvalue weighted by Gasteiger charge is -2.26. The molecule has 4 nitrogen and oxygen atoms in total. The number of aryl methyl sites for hydroxylation is 1. The van der Waals surface area contributed by atoms with Crippen molar-refractivity contribution in [2.45, 2.75) is 0 Å². The summed E-state index contributed by atoms with van der Waals surface area (Å²) in [5.41, 5.74) is 15.0. The summed E-state index contributed by atoms with van der Waals surface area (Å²) in [7, 11) is 2.06. The number of aromatic nitrogens is 3. The number of imidazole rings is 1. The molecule has 0 amide bonds. The molecule has 0 saturated heterocycles. The SMILES string of the molecule is Cn1ccnc1-n1c2ccc(-c3ccc(-c4ccccc4)cc3)cc2c2ccc(N(c3ccccc3)c3cccc(-c4cccc(-c5ccccc5)c4)c3)cc21. The predicted octanol–water partition coefficient (Wildman–Crippen LogP) is 13.7. The van der Waals surface area contributed by atoms with E-state index in [1.165, 1.54) is 49.7 Å². The van der Waals surface area contributed by atoms with Gasteiger partial charge in [-0.15, -0.1) is 0 Å². The van der Waals surface area contributed by atoms with Crippen LogP contribution in [0, 0.1) is 0 Å². The van der Waals surface area contributed by atoms with Gasteiger partial charge in [0.05, 0.1) is 11.0 Å². The minimum Gasteiger partial charge on any atom is -0.320 e. The van der Waals surface area contributed by atoms with Crippen LogP contribution in [0.1, 0.15) is 0 Å². The molecule has 56 heavy (non-hydrogen) atoms.